The van der Waals surface area contributed by atoms with Crippen molar-refractivity contribution in [2.24, 2.45) is 0 Å². The Kier molecular flexibility index (Phi) is 6.70. The highest BCUT2D eigenvalue weighted by atomic mass is 32.2. The molecule has 0 atom stereocenters. The second-order valence-electron chi connectivity index (χ2n) is 8.75. The molecule has 1 aromatic heterocycles. The zero-order chi connectivity index (χ0) is 23.7. The predicted octanol–water partition coefficient (Wildman–Crippen LogP) is 3.94. The van der Waals surface area contributed by atoms with Gasteiger partial charge in [-0.3, -0.25) is 14.2 Å². The van der Waals surface area contributed by atoms with Gasteiger partial charge in [0.15, 0.2) is 5.16 Å². The lowest BCUT2D eigenvalue weighted by atomic mass is 10.1. The van der Waals surface area contributed by atoms with Crippen molar-refractivity contribution in [1.29, 1.82) is 0 Å². The summed E-state index contributed by atoms with van der Waals surface area (Å²) in [5, 5.41) is 0.604. The van der Waals surface area contributed by atoms with Gasteiger partial charge in [-0.1, -0.05) is 36.0 Å². The Bertz CT molecular complexity index is 1250. The van der Waals surface area contributed by atoms with Gasteiger partial charge in [-0.15, -0.1) is 11.8 Å². The molecule has 0 radical (unpaired) electrons. The van der Waals surface area contributed by atoms with E-state index < -0.39 is 0 Å². The van der Waals surface area contributed by atoms with Crippen LogP contribution in [-0.4, -0.2) is 58.0 Å². The zero-order valence-corrected chi connectivity index (χ0v) is 21.1. The summed E-state index contributed by atoms with van der Waals surface area (Å²) in [4.78, 5) is 36.3. The molecule has 0 aliphatic carbocycles. The predicted molar refractivity (Wildman–Crippen MR) is 140 cm³/mol. The summed E-state index contributed by atoms with van der Waals surface area (Å²) in [5.41, 5.74) is 5.04. The van der Waals surface area contributed by atoms with Crippen molar-refractivity contribution in [2.45, 2.75) is 30.3 Å². The van der Waals surface area contributed by atoms with Gasteiger partial charge in [-0.2, -0.15) is 0 Å². The van der Waals surface area contributed by atoms with E-state index in [4.69, 9.17) is 4.98 Å². The van der Waals surface area contributed by atoms with Gasteiger partial charge in [-0.05, 0) is 49.2 Å². The minimum absolute atomic E-state index is 0.0241. The first-order valence-electron chi connectivity index (χ1n) is 11.6. The Balaban J connectivity index is 1.33. The number of benzene rings is 2. The van der Waals surface area contributed by atoms with Gasteiger partial charge in [0.2, 0.25) is 5.91 Å². The Labute approximate surface area is 208 Å². The highest BCUT2D eigenvalue weighted by Crippen LogP contribution is 2.30. The van der Waals surface area contributed by atoms with Crippen LogP contribution in [0.2, 0.25) is 0 Å². The van der Waals surface area contributed by atoms with Gasteiger partial charge in [0.25, 0.3) is 5.56 Å². The summed E-state index contributed by atoms with van der Waals surface area (Å²) in [6.45, 7) is 7.11. The smallest absolute Gasteiger partial charge is 0.272 e. The molecule has 6 nitrogen and oxygen atoms in total. The molecule has 0 spiro atoms. The topological polar surface area (TPSA) is 58.4 Å². The molecule has 8 heteroatoms. The second kappa shape index (κ2) is 9.88. The van der Waals surface area contributed by atoms with Crippen LogP contribution < -0.4 is 10.5 Å². The van der Waals surface area contributed by atoms with E-state index in [1.54, 1.807) is 16.3 Å². The summed E-state index contributed by atoms with van der Waals surface area (Å²) >= 11 is 2.95. The number of nitrogens with zero attached hydrogens (tertiary/aromatic N) is 4. The Morgan fingerprint density at radius 2 is 1.71 bits per heavy atom. The Morgan fingerprint density at radius 3 is 2.41 bits per heavy atom. The summed E-state index contributed by atoms with van der Waals surface area (Å²) in [5.74, 6) is 1.24. The molecule has 0 bridgehead atoms. The van der Waals surface area contributed by atoms with E-state index in [9.17, 15) is 9.59 Å². The molecule has 0 N–H and O–H groups in total. The van der Waals surface area contributed by atoms with Crippen LogP contribution in [0.5, 0.6) is 0 Å². The zero-order valence-electron chi connectivity index (χ0n) is 19.5. The van der Waals surface area contributed by atoms with Crippen molar-refractivity contribution in [3.8, 4) is 5.69 Å². The largest absolute Gasteiger partial charge is 0.368 e. The minimum Gasteiger partial charge on any atom is -0.368 e. The number of thioether (sulfide) groups is 2. The number of carbonyl (C=O) groups is 1. The maximum Gasteiger partial charge on any atom is 0.272 e. The highest BCUT2D eigenvalue weighted by molar-refractivity contribution is 8.00. The second-order valence-corrected chi connectivity index (χ2v) is 10.8. The fourth-order valence-electron chi connectivity index (χ4n) is 4.57. The van der Waals surface area contributed by atoms with Crippen molar-refractivity contribution < 1.29 is 4.79 Å². The molecule has 34 heavy (non-hydrogen) atoms. The summed E-state index contributed by atoms with van der Waals surface area (Å²) in [7, 11) is 0. The number of hydrogen-bond donors (Lipinski definition) is 0. The summed E-state index contributed by atoms with van der Waals surface area (Å²) < 4.78 is 1.70. The molecule has 1 saturated heterocycles. The van der Waals surface area contributed by atoms with Gasteiger partial charge in [0.1, 0.15) is 0 Å². The number of rotatable bonds is 5. The van der Waals surface area contributed by atoms with Crippen LogP contribution >= 0.6 is 23.5 Å². The number of hydrogen-bond acceptors (Lipinski definition) is 6. The first-order valence-corrected chi connectivity index (χ1v) is 13.5. The maximum absolute atomic E-state index is 13.4. The number of carbonyl (C=O) groups excluding carboxylic acids is 1. The van der Waals surface area contributed by atoms with Crippen LogP contribution in [0.3, 0.4) is 0 Å². The Hall–Kier alpha value is -2.71. The number of para-hydroxylation sites is 1. The molecule has 1 amide bonds. The molecule has 5 rings (SSSR count). The first kappa shape index (κ1) is 23.1. The molecule has 2 aliphatic rings. The molecule has 2 aliphatic heterocycles. The highest BCUT2D eigenvalue weighted by Gasteiger charge is 2.25. The lowest BCUT2D eigenvalue weighted by Gasteiger charge is -2.36. The molecule has 0 unspecified atom stereocenters. The number of aryl methyl sites for hydroxylation is 3. The minimum atomic E-state index is -0.0241. The van der Waals surface area contributed by atoms with E-state index in [-0.39, 0.29) is 17.2 Å². The third-order valence-corrected chi connectivity index (χ3v) is 8.24. The van der Waals surface area contributed by atoms with Gasteiger partial charge in [0, 0.05) is 44.0 Å². The average Bonchev–Trinajstić information content (AvgIpc) is 3.32. The van der Waals surface area contributed by atoms with Gasteiger partial charge >= 0.3 is 0 Å². The van der Waals surface area contributed by atoms with Crippen molar-refractivity contribution in [3.63, 3.8) is 0 Å². The van der Waals surface area contributed by atoms with Crippen LogP contribution in [0, 0.1) is 13.8 Å². The Morgan fingerprint density at radius 1 is 1.00 bits per heavy atom. The number of aromatic nitrogens is 2. The van der Waals surface area contributed by atoms with E-state index in [2.05, 4.69) is 23.1 Å². The van der Waals surface area contributed by atoms with Crippen molar-refractivity contribution >= 4 is 35.1 Å². The van der Waals surface area contributed by atoms with Crippen LogP contribution in [0.1, 0.15) is 16.8 Å². The molecular weight excluding hydrogens is 464 g/mol. The monoisotopic (exact) mass is 492 g/mol. The molecular formula is C26H28N4O2S2. The standard InChI is InChI=1S/C26H28N4O2S2/c1-18-14-19(2)16-21(15-18)30-25(32)24-22(8-13-33-24)27-26(30)34-17-23(31)29-11-9-28(10-12-29)20-6-4-3-5-7-20/h3-7,14-16H,8-13,17H2,1-2H3. The lowest BCUT2D eigenvalue weighted by Crippen LogP contribution is -2.49. The summed E-state index contributed by atoms with van der Waals surface area (Å²) in [6, 6.07) is 16.4. The van der Waals surface area contributed by atoms with Gasteiger partial charge < -0.3 is 9.80 Å². The molecule has 0 saturated carbocycles. The number of fused-ring (bicyclic) bond motifs is 1. The molecule has 1 fully saturated rings. The number of piperazine rings is 1. The lowest BCUT2D eigenvalue weighted by molar-refractivity contribution is -0.128. The van der Waals surface area contributed by atoms with Crippen molar-refractivity contribution in [2.75, 3.05) is 42.6 Å². The third kappa shape index (κ3) is 4.74. The van der Waals surface area contributed by atoms with Crippen LogP contribution in [-0.2, 0) is 11.2 Å². The van der Waals surface area contributed by atoms with Crippen LogP contribution in [0.4, 0.5) is 5.69 Å². The fourth-order valence-corrected chi connectivity index (χ4v) is 6.52. The molecule has 3 heterocycles. The fraction of sp³-hybridized carbons (Fsp3) is 0.346. The summed E-state index contributed by atoms with van der Waals surface area (Å²) in [6.07, 6.45) is 0.797. The normalized spacial score (nSPS) is 15.5. The van der Waals surface area contributed by atoms with Crippen LogP contribution in [0.15, 0.2) is 63.4 Å². The quantitative estimate of drug-likeness (QED) is 0.397. The average molecular weight is 493 g/mol. The molecule has 3 aromatic rings. The number of anilines is 1. The van der Waals surface area contributed by atoms with Crippen molar-refractivity contribution in [1.82, 2.24) is 14.5 Å². The van der Waals surface area contributed by atoms with Crippen LogP contribution in [0.25, 0.3) is 5.69 Å². The first-order chi connectivity index (χ1) is 16.5. The molecule has 2 aromatic carbocycles. The van der Waals surface area contributed by atoms with Gasteiger partial charge in [-0.25, -0.2) is 4.98 Å². The van der Waals surface area contributed by atoms with Gasteiger partial charge in [0.05, 0.1) is 22.0 Å². The third-order valence-electron chi connectivity index (χ3n) is 6.21. The molecule has 176 valence electrons. The van der Waals surface area contributed by atoms with E-state index in [0.717, 1.165) is 52.7 Å². The van der Waals surface area contributed by atoms with E-state index in [1.807, 2.05) is 49.1 Å². The maximum atomic E-state index is 13.4. The van der Waals surface area contributed by atoms with Crippen molar-refractivity contribution in [3.05, 3.63) is 75.7 Å². The van der Waals surface area contributed by atoms with E-state index >= 15 is 0 Å². The SMILES string of the molecule is Cc1cc(C)cc(-n2c(SCC(=O)N3CCN(c4ccccc4)CC3)nc3c(c2=O)SCC3)c1. The van der Waals surface area contributed by atoms with E-state index in [1.165, 1.54) is 17.4 Å². The van der Waals surface area contributed by atoms with E-state index in [0.29, 0.717) is 18.2 Å². The number of amides is 1.